The van der Waals surface area contributed by atoms with Gasteiger partial charge in [0, 0.05) is 12.0 Å². The lowest BCUT2D eigenvalue weighted by atomic mass is 9.94. The lowest BCUT2D eigenvalue weighted by Crippen LogP contribution is -2.43. The molecule has 3 N–H and O–H groups in total. The maximum absolute atomic E-state index is 12.3. The van der Waals surface area contributed by atoms with Gasteiger partial charge in [-0.25, -0.2) is 0 Å². The highest BCUT2D eigenvalue weighted by Gasteiger charge is 2.43. The molecule has 0 aromatic rings. The minimum atomic E-state index is 0. The first kappa shape index (κ1) is 14.1. The van der Waals surface area contributed by atoms with Crippen LogP contribution in [-0.2, 0) is 4.79 Å². The molecule has 3 fully saturated rings. The van der Waals surface area contributed by atoms with Crippen molar-refractivity contribution in [1.82, 2.24) is 5.32 Å². The van der Waals surface area contributed by atoms with E-state index in [1.807, 2.05) is 0 Å². The van der Waals surface area contributed by atoms with Gasteiger partial charge < -0.3 is 11.1 Å². The van der Waals surface area contributed by atoms with Crippen LogP contribution in [0.1, 0.15) is 44.9 Å². The van der Waals surface area contributed by atoms with E-state index in [0.717, 1.165) is 24.7 Å². The number of hydrogen-bond acceptors (Lipinski definition) is 2. The number of rotatable bonds is 5. The average molecular weight is 273 g/mol. The van der Waals surface area contributed by atoms with Crippen molar-refractivity contribution in [2.75, 3.05) is 6.54 Å². The summed E-state index contributed by atoms with van der Waals surface area (Å²) in [5, 5.41) is 3.35. The quantitative estimate of drug-likeness (QED) is 0.805. The normalized spacial score (nSPS) is 31.2. The fourth-order valence-corrected chi connectivity index (χ4v) is 3.47. The summed E-state index contributed by atoms with van der Waals surface area (Å²) in [6.45, 7) is 0.676. The topological polar surface area (TPSA) is 55.1 Å². The third-order valence-corrected chi connectivity index (χ3v) is 4.87. The first-order valence-electron chi connectivity index (χ1n) is 7.30. The Morgan fingerprint density at radius 1 is 1.11 bits per heavy atom. The molecule has 3 aliphatic rings. The molecule has 4 heteroatoms. The Morgan fingerprint density at radius 2 is 1.72 bits per heavy atom. The summed E-state index contributed by atoms with van der Waals surface area (Å²) in [5.41, 5.74) is 5.76. The van der Waals surface area contributed by atoms with Crippen molar-refractivity contribution >= 4 is 18.3 Å². The van der Waals surface area contributed by atoms with E-state index in [9.17, 15) is 4.79 Å². The van der Waals surface area contributed by atoms with Crippen molar-refractivity contribution in [3.63, 3.8) is 0 Å². The van der Waals surface area contributed by atoms with E-state index >= 15 is 0 Å². The lowest BCUT2D eigenvalue weighted by molar-refractivity contribution is -0.127. The highest BCUT2D eigenvalue weighted by Crippen LogP contribution is 2.45. The molecule has 18 heavy (non-hydrogen) atoms. The van der Waals surface area contributed by atoms with Crippen LogP contribution in [0.2, 0.25) is 0 Å². The summed E-state index contributed by atoms with van der Waals surface area (Å²) in [6.07, 6.45) is 8.68. The van der Waals surface area contributed by atoms with Crippen LogP contribution in [0.4, 0.5) is 0 Å². The minimum absolute atomic E-state index is 0. The van der Waals surface area contributed by atoms with Gasteiger partial charge in [-0.2, -0.15) is 0 Å². The molecular formula is C14H25ClN2O. The van der Waals surface area contributed by atoms with Gasteiger partial charge in [0.15, 0.2) is 0 Å². The van der Waals surface area contributed by atoms with E-state index in [0.29, 0.717) is 24.4 Å². The standard InChI is InChI=1S/C14H24N2O.ClH/c15-8-11-2-1-3-12(11)14(17)16-13(9-4-5-9)10-6-7-10;/h9-13H,1-8,15H2,(H,16,17);1H/t11-,12-;/m1./s1. The van der Waals surface area contributed by atoms with Gasteiger partial charge in [-0.3, -0.25) is 4.79 Å². The summed E-state index contributed by atoms with van der Waals surface area (Å²) in [6, 6.07) is 0.501. The smallest absolute Gasteiger partial charge is 0.223 e. The van der Waals surface area contributed by atoms with E-state index in [2.05, 4.69) is 5.32 Å². The number of amides is 1. The van der Waals surface area contributed by atoms with Gasteiger partial charge in [0.2, 0.25) is 5.91 Å². The number of halogens is 1. The zero-order valence-corrected chi connectivity index (χ0v) is 11.8. The third-order valence-electron chi connectivity index (χ3n) is 4.87. The van der Waals surface area contributed by atoms with Crippen molar-refractivity contribution in [3.8, 4) is 0 Å². The van der Waals surface area contributed by atoms with Crippen LogP contribution in [0.25, 0.3) is 0 Å². The SMILES string of the molecule is Cl.NC[C@H]1CCC[C@H]1C(=O)NC(C1CC1)C1CC1. The van der Waals surface area contributed by atoms with Crippen molar-refractivity contribution in [3.05, 3.63) is 0 Å². The van der Waals surface area contributed by atoms with E-state index in [1.165, 1.54) is 32.1 Å². The predicted molar refractivity (Wildman–Crippen MR) is 74.5 cm³/mol. The summed E-state index contributed by atoms with van der Waals surface area (Å²) < 4.78 is 0. The van der Waals surface area contributed by atoms with Crippen molar-refractivity contribution in [2.24, 2.45) is 29.4 Å². The van der Waals surface area contributed by atoms with Gasteiger partial charge in [-0.05, 0) is 62.8 Å². The molecule has 0 unspecified atom stereocenters. The Bertz CT molecular complexity index is 290. The molecule has 3 aliphatic carbocycles. The highest BCUT2D eigenvalue weighted by atomic mass is 35.5. The van der Waals surface area contributed by atoms with Crippen LogP contribution in [0.15, 0.2) is 0 Å². The van der Waals surface area contributed by atoms with Gasteiger partial charge in [0.1, 0.15) is 0 Å². The second kappa shape index (κ2) is 5.79. The lowest BCUT2D eigenvalue weighted by Gasteiger charge is -2.23. The second-order valence-corrected chi connectivity index (χ2v) is 6.24. The molecular weight excluding hydrogens is 248 g/mol. The Balaban J connectivity index is 0.00000120. The summed E-state index contributed by atoms with van der Waals surface area (Å²) >= 11 is 0. The number of nitrogens with one attached hydrogen (secondary N) is 1. The maximum atomic E-state index is 12.3. The van der Waals surface area contributed by atoms with Crippen molar-refractivity contribution in [1.29, 1.82) is 0 Å². The van der Waals surface area contributed by atoms with Crippen LogP contribution in [0.3, 0.4) is 0 Å². The van der Waals surface area contributed by atoms with Gasteiger partial charge >= 0.3 is 0 Å². The van der Waals surface area contributed by atoms with Gasteiger partial charge in [-0.15, -0.1) is 12.4 Å². The molecule has 3 saturated carbocycles. The number of hydrogen-bond donors (Lipinski definition) is 2. The number of carbonyl (C=O) groups is 1. The Labute approximate surface area is 116 Å². The van der Waals surface area contributed by atoms with E-state index < -0.39 is 0 Å². The molecule has 104 valence electrons. The zero-order valence-electron chi connectivity index (χ0n) is 10.9. The molecule has 0 spiro atoms. The molecule has 3 rings (SSSR count). The number of nitrogens with two attached hydrogens (primary N) is 1. The molecule has 0 aromatic heterocycles. The van der Waals surface area contributed by atoms with Gasteiger partial charge in [0.25, 0.3) is 0 Å². The molecule has 0 aliphatic heterocycles. The second-order valence-electron chi connectivity index (χ2n) is 6.24. The number of carbonyl (C=O) groups excluding carboxylic acids is 1. The highest BCUT2D eigenvalue weighted by molar-refractivity contribution is 5.85. The van der Waals surface area contributed by atoms with E-state index in [-0.39, 0.29) is 18.3 Å². The van der Waals surface area contributed by atoms with Gasteiger partial charge in [0.05, 0.1) is 0 Å². The first-order valence-corrected chi connectivity index (χ1v) is 7.30. The third kappa shape index (κ3) is 3.00. The Kier molecular flexibility index (Phi) is 4.54. The average Bonchev–Trinajstić information content (AvgIpc) is 3.23. The molecule has 0 heterocycles. The Hall–Kier alpha value is -0.280. The molecule has 0 radical (unpaired) electrons. The first-order chi connectivity index (χ1) is 8.29. The fraction of sp³-hybridized carbons (Fsp3) is 0.929. The summed E-state index contributed by atoms with van der Waals surface area (Å²) in [5.74, 6) is 2.55. The van der Waals surface area contributed by atoms with Crippen LogP contribution in [0.5, 0.6) is 0 Å². The van der Waals surface area contributed by atoms with Crippen LogP contribution in [-0.4, -0.2) is 18.5 Å². The van der Waals surface area contributed by atoms with Crippen LogP contribution >= 0.6 is 12.4 Å². The maximum Gasteiger partial charge on any atom is 0.223 e. The monoisotopic (exact) mass is 272 g/mol. The summed E-state index contributed by atoms with van der Waals surface area (Å²) in [4.78, 5) is 12.3. The van der Waals surface area contributed by atoms with Crippen molar-refractivity contribution in [2.45, 2.75) is 51.0 Å². The van der Waals surface area contributed by atoms with Crippen LogP contribution < -0.4 is 11.1 Å². The van der Waals surface area contributed by atoms with E-state index in [1.54, 1.807) is 0 Å². The van der Waals surface area contributed by atoms with E-state index in [4.69, 9.17) is 5.73 Å². The fourth-order valence-electron chi connectivity index (χ4n) is 3.47. The molecule has 3 nitrogen and oxygen atoms in total. The molecule has 2 atom stereocenters. The van der Waals surface area contributed by atoms with Crippen LogP contribution in [0, 0.1) is 23.7 Å². The van der Waals surface area contributed by atoms with Crippen molar-refractivity contribution < 1.29 is 4.79 Å². The summed E-state index contributed by atoms with van der Waals surface area (Å²) in [7, 11) is 0. The molecule has 0 aromatic carbocycles. The Morgan fingerprint density at radius 3 is 2.22 bits per heavy atom. The largest absolute Gasteiger partial charge is 0.353 e. The zero-order chi connectivity index (χ0) is 11.8. The van der Waals surface area contributed by atoms with Gasteiger partial charge in [-0.1, -0.05) is 6.42 Å². The predicted octanol–water partition coefficient (Wildman–Crippen LogP) is 2.09. The molecule has 0 bridgehead atoms. The minimum Gasteiger partial charge on any atom is -0.353 e. The molecule has 1 amide bonds. The molecule has 0 saturated heterocycles.